The Balaban J connectivity index is 1.60. The van der Waals surface area contributed by atoms with E-state index in [2.05, 4.69) is 0 Å². The van der Waals surface area contributed by atoms with Crippen molar-refractivity contribution in [3.63, 3.8) is 0 Å². The highest BCUT2D eigenvalue weighted by Crippen LogP contribution is 2.52. The molecule has 0 unspecified atom stereocenters. The normalized spacial score (nSPS) is 12.0. The van der Waals surface area contributed by atoms with Gasteiger partial charge in [-0.1, -0.05) is 30.3 Å². The molecule has 1 aliphatic rings. The van der Waals surface area contributed by atoms with Gasteiger partial charge in [-0.15, -0.1) is 0 Å². The lowest BCUT2D eigenvalue weighted by molar-refractivity contribution is 0.168. The summed E-state index contributed by atoms with van der Waals surface area (Å²) >= 11 is 0. The standard InChI is InChI=1S/C26H22O8/c1-28-20-10-17-19(11-21(20)31-12-15-7-5-4-6-8-15)32-13-18(23(17)27)16-9-22(29-2)25-26(24(16)30-3)34-14-33-25/h4-11,13H,12,14H2,1-3H3. The Morgan fingerprint density at radius 1 is 0.824 bits per heavy atom. The van der Waals surface area contributed by atoms with Gasteiger partial charge >= 0.3 is 0 Å². The lowest BCUT2D eigenvalue weighted by atomic mass is 10.0. The highest BCUT2D eigenvalue weighted by molar-refractivity contribution is 5.87. The molecule has 8 nitrogen and oxygen atoms in total. The Morgan fingerprint density at radius 2 is 1.59 bits per heavy atom. The SMILES string of the molecule is COc1cc2c(=O)c(-c3cc(OC)c4c(c3OC)OCO4)coc2cc1OCc1ccccc1. The van der Waals surface area contributed by atoms with Gasteiger partial charge in [0.05, 0.1) is 32.3 Å². The van der Waals surface area contributed by atoms with E-state index in [9.17, 15) is 4.79 Å². The average molecular weight is 462 g/mol. The highest BCUT2D eigenvalue weighted by Gasteiger charge is 2.29. The Morgan fingerprint density at radius 3 is 2.32 bits per heavy atom. The predicted octanol–water partition coefficient (Wildman–Crippen LogP) is 4.79. The first-order valence-corrected chi connectivity index (χ1v) is 10.5. The van der Waals surface area contributed by atoms with Gasteiger partial charge in [0.2, 0.25) is 23.7 Å². The Kier molecular flexibility index (Phi) is 5.63. The Bertz CT molecular complexity index is 1410. The molecular formula is C26H22O8. The summed E-state index contributed by atoms with van der Waals surface area (Å²) < 4.78 is 39.4. The van der Waals surface area contributed by atoms with Crippen molar-refractivity contribution in [2.45, 2.75) is 6.61 Å². The second kappa shape index (κ2) is 8.90. The fourth-order valence-electron chi connectivity index (χ4n) is 3.90. The minimum absolute atomic E-state index is 0.0286. The quantitative estimate of drug-likeness (QED) is 0.387. The number of benzene rings is 3. The molecule has 1 aromatic heterocycles. The van der Waals surface area contributed by atoms with Crippen LogP contribution in [-0.2, 0) is 6.61 Å². The van der Waals surface area contributed by atoms with Gasteiger partial charge in [-0.3, -0.25) is 4.79 Å². The summed E-state index contributed by atoms with van der Waals surface area (Å²) in [5, 5.41) is 0.333. The molecule has 5 rings (SSSR count). The van der Waals surface area contributed by atoms with Crippen LogP contribution in [0.5, 0.6) is 34.5 Å². The van der Waals surface area contributed by atoms with Gasteiger partial charge in [-0.2, -0.15) is 0 Å². The van der Waals surface area contributed by atoms with E-state index < -0.39 is 0 Å². The van der Waals surface area contributed by atoms with E-state index in [4.69, 9.17) is 32.8 Å². The minimum Gasteiger partial charge on any atom is -0.493 e. The van der Waals surface area contributed by atoms with E-state index in [1.807, 2.05) is 30.3 Å². The van der Waals surface area contributed by atoms with E-state index in [0.29, 0.717) is 57.6 Å². The summed E-state index contributed by atoms with van der Waals surface area (Å²) in [6.07, 6.45) is 1.39. The van der Waals surface area contributed by atoms with Crippen LogP contribution in [0.2, 0.25) is 0 Å². The Labute approximate surface area is 195 Å². The summed E-state index contributed by atoms with van der Waals surface area (Å²) in [5.74, 6) is 2.47. The van der Waals surface area contributed by atoms with Crippen LogP contribution >= 0.6 is 0 Å². The number of methoxy groups -OCH3 is 3. The Hall–Kier alpha value is -4.33. The van der Waals surface area contributed by atoms with Crippen LogP contribution in [0.15, 0.2) is 64.0 Å². The van der Waals surface area contributed by atoms with Gasteiger partial charge in [-0.25, -0.2) is 0 Å². The first-order chi connectivity index (χ1) is 16.6. The molecule has 34 heavy (non-hydrogen) atoms. The van der Waals surface area contributed by atoms with Crippen molar-refractivity contribution in [2.75, 3.05) is 28.1 Å². The minimum atomic E-state index is -0.270. The number of fused-ring (bicyclic) bond motifs is 2. The maximum atomic E-state index is 13.5. The molecule has 0 radical (unpaired) electrons. The lowest BCUT2D eigenvalue weighted by Crippen LogP contribution is -2.07. The molecule has 1 aliphatic heterocycles. The molecule has 0 spiro atoms. The second-order valence-electron chi connectivity index (χ2n) is 7.48. The van der Waals surface area contributed by atoms with Crippen molar-refractivity contribution < 1.29 is 32.8 Å². The van der Waals surface area contributed by atoms with Crippen LogP contribution < -0.4 is 33.8 Å². The maximum absolute atomic E-state index is 13.5. The van der Waals surface area contributed by atoms with Crippen molar-refractivity contribution in [3.05, 3.63) is 70.6 Å². The molecule has 0 saturated heterocycles. The molecule has 2 heterocycles. The fourth-order valence-corrected chi connectivity index (χ4v) is 3.90. The molecule has 0 saturated carbocycles. The summed E-state index contributed by atoms with van der Waals surface area (Å²) in [5.41, 5.74) is 1.84. The van der Waals surface area contributed by atoms with Crippen LogP contribution in [-0.4, -0.2) is 28.1 Å². The molecule has 174 valence electrons. The van der Waals surface area contributed by atoms with Gasteiger partial charge in [0.25, 0.3) is 0 Å². The lowest BCUT2D eigenvalue weighted by Gasteiger charge is -2.14. The summed E-state index contributed by atoms with van der Waals surface area (Å²) in [6.45, 7) is 0.375. The first-order valence-electron chi connectivity index (χ1n) is 10.5. The fraction of sp³-hybridized carbons (Fsp3) is 0.192. The molecule has 0 amide bonds. The third-order valence-electron chi connectivity index (χ3n) is 5.57. The summed E-state index contributed by atoms with van der Waals surface area (Å²) in [7, 11) is 4.53. The van der Waals surface area contributed by atoms with Gasteiger partial charge in [-0.05, 0) is 17.7 Å². The molecule has 0 bridgehead atoms. The van der Waals surface area contributed by atoms with E-state index in [-0.39, 0.29) is 17.8 Å². The molecule has 8 heteroatoms. The van der Waals surface area contributed by atoms with Crippen molar-refractivity contribution in [1.82, 2.24) is 0 Å². The van der Waals surface area contributed by atoms with E-state index in [1.165, 1.54) is 27.6 Å². The molecule has 0 fully saturated rings. The van der Waals surface area contributed by atoms with Crippen molar-refractivity contribution in [2.24, 2.45) is 0 Å². The van der Waals surface area contributed by atoms with Crippen molar-refractivity contribution in [3.8, 4) is 45.6 Å². The number of hydrogen-bond donors (Lipinski definition) is 0. The highest BCUT2D eigenvalue weighted by atomic mass is 16.7. The number of hydrogen-bond acceptors (Lipinski definition) is 8. The predicted molar refractivity (Wildman–Crippen MR) is 124 cm³/mol. The van der Waals surface area contributed by atoms with Crippen LogP contribution in [0.4, 0.5) is 0 Å². The zero-order valence-electron chi connectivity index (χ0n) is 18.9. The first kappa shape index (κ1) is 21.5. The monoisotopic (exact) mass is 462 g/mol. The van der Waals surface area contributed by atoms with Gasteiger partial charge in [0, 0.05) is 11.6 Å². The zero-order chi connectivity index (χ0) is 23.7. The molecule has 0 aliphatic carbocycles. The van der Waals surface area contributed by atoms with Crippen LogP contribution in [0.1, 0.15) is 5.56 Å². The van der Waals surface area contributed by atoms with E-state index in [1.54, 1.807) is 18.2 Å². The van der Waals surface area contributed by atoms with Crippen molar-refractivity contribution in [1.29, 1.82) is 0 Å². The number of rotatable bonds is 7. The largest absolute Gasteiger partial charge is 0.493 e. The topological polar surface area (TPSA) is 85.6 Å². The molecular weight excluding hydrogens is 440 g/mol. The van der Waals surface area contributed by atoms with Crippen LogP contribution in [0.25, 0.3) is 22.1 Å². The smallest absolute Gasteiger partial charge is 0.231 e. The van der Waals surface area contributed by atoms with Gasteiger partial charge in [0.15, 0.2) is 23.0 Å². The third kappa shape index (κ3) is 3.63. The zero-order valence-corrected chi connectivity index (χ0v) is 18.9. The number of ether oxygens (including phenoxy) is 6. The van der Waals surface area contributed by atoms with Gasteiger partial charge in [0.1, 0.15) is 18.5 Å². The van der Waals surface area contributed by atoms with Crippen LogP contribution in [0, 0.1) is 0 Å². The average Bonchev–Trinajstić information content (AvgIpc) is 3.37. The molecule has 0 N–H and O–H groups in total. The van der Waals surface area contributed by atoms with Crippen LogP contribution in [0.3, 0.4) is 0 Å². The summed E-state index contributed by atoms with van der Waals surface area (Å²) in [4.78, 5) is 13.5. The maximum Gasteiger partial charge on any atom is 0.231 e. The molecule has 0 atom stereocenters. The van der Waals surface area contributed by atoms with E-state index >= 15 is 0 Å². The second-order valence-corrected chi connectivity index (χ2v) is 7.48. The summed E-state index contributed by atoms with van der Waals surface area (Å²) in [6, 6.07) is 14.7. The van der Waals surface area contributed by atoms with E-state index in [0.717, 1.165) is 5.56 Å². The van der Waals surface area contributed by atoms with Crippen molar-refractivity contribution >= 4 is 11.0 Å². The van der Waals surface area contributed by atoms with Gasteiger partial charge < -0.3 is 32.8 Å². The third-order valence-corrected chi connectivity index (χ3v) is 5.57. The molecule has 4 aromatic rings. The molecule has 3 aromatic carbocycles.